The first-order valence-corrected chi connectivity index (χ1v) is 11.9. The predicted octanol–water partition coefficient (Wildman–Crippen LogP) is 5.27. The summed E-state index contributed by atoms with van der Waals surface area (Å²) in [5.41, 5.74) is -1.18. The summed E-state index contributed by atoms with van der Waals surface area (Å²) >= 11 is 0. The third kappa shape index (κ3) is 4.59. The molecule has 4 bridgehead atoms. The lowest BCUT2D eigenvalue weighted by atomic mass is 9.83. The summed E-state index contributed by atoms with van der Waals surface area (Å²) < 4.78 is 11.9. The van der Waals surface area contributed by atoms with Crippen molar-refractivity contribution in [3.8, 4) is 0 Å². The van der Waals surface area contributed by atoms with Gasteiger partial charge in [-0.3, -0.25) is 9.59 Å². The molecule has 0 saturated heterocycles. The van der Waals surface area contributed by atoms with Crippen molar-refractivity contribution in [3.63, 3.8) is 0 Å². The summed E-state index contributed by atoms with van der Waals surface area (Å²) in [6.45, 7) is 8.41. The zero-order chi connectivity index (χ0) is 21.5. The number of hydrogen-bond donors (Lipinski definition) is 0. The van der Waals surface area contributed by atoms with Crippen molar-refractivity contribution in [2.24, 2.45) is 35.5 Å². The molecule has 0 aromatic heterocycles. The standard InChI is InChI=1S/C26H38O4/c1-25(2,30-24(28)22-16-18-8-10-20(22)14-18)11-5-6-12-29-26(3,4)23(27)21-15-17-7-9-19(21)13-17/h7-10,17-22H,5-6,11-16H2,1-4H3. The molecule has 0 N–H and O–H groups in total. The first kappa shape index (κ1) is 21.8. The minimum Gasteiger partial charge on any atom is -0.459 e. The molecule has 0 spiro atoms. The van der Waals surface area contributed by atoms with E-state index in [1.165, 1.54) is 0 Å². The maximum absolute atomic E-state index is 13.0. The van der Waals surface area contributed by atoms with Gasteiger partial charge in [-0.25, -0.2) is 0 Å². The van der Waals surface area contributed by atoms with Gasteiger partial charge in [0.2, 0.25) is 0 Å². The van der Waals surface area contributed by atoms with Crippen molar-refractivity contribution in [3.05, 3.63) is 24.3 Å². The number of ketones is 1. The van der Waals surface area contributed by atoms with E-state index < -0.39 is 11.2 Å². The second kappa shape index (κ2) is 8.26. The molecule has 6 unspecified atom stereocenters. The van der Waals surface area contributed by atoms with Crippen molar-refractivity contribution in [2.75, 3.05) is 6.61 Å². The molecule has 0 heterocycles. The highest BCUT2D eigenvalue weighted by molar-refractivity contribution is 5.89. The number of ether oxygens (including phenoxy) is 2. The van der Waals surface area contributed by atoms with E-state index >= 15 is 0 Å². The first-order valence-electron chi connectivity index (χ1n) is 11.9. The van der Waals surface area contributed by atoms with Crippen LogP contribution in [0.2, 0.25) is 0 Å². The number of fused-ring (bicyclic) bond motifs is 4. The van der Waals surface area contributed by atoms with Crippen LogP contribution in [0.5, 0.6) is 0 Å². The third-order valence-corrected chi connectivity index (χ3v) is 7.80. The Labute approximate surface area is 181 Å². The molecule has 0 amide bonds. The monoisotopic (exact) mass is 414 g/mol. The maximum Gasteiger partial charge on any atom is 0.310 e. The normalized spacial score (nSPS) is 34.1. The molecule has 4 nitrogen and oxygen atoms in total. The molecule has 0 aromatic rings. The molecule has 6 atom stereocenters. The predicted molar refractivity (Wildman–Crippen MR) is 117 cm³/mol. The van der Waals surface area contributed by atoms with Crippen LogP contribution in [-0.2, 0) is 19.1 Å². The molecule has 2 fully saturated rings. The van der Waals surface area contributed by atoms with Gasteiger partial charge in [-0.2, -0.15) is 0 Å². The van der Waals surface area contributed by atoms with Gasteiger partial charge in [0.25, 0.3) is 0 Å². The van der Waals surface area contributed by atoms with Gasteiger partial charge in [0.1, 0.15) is 11.2 Å². The lowest BCUT2D eigenvalue weighted by Gasteiger charge is -2.30. The maximum atomic E-state index is 13.0. The Balaban J connectivity index is 1.15. The average Bonchev–Trinajstić information content (AvgIpc) is 3.47. The number of carbonyl (C=O) groups excluding carboxylic acids is 2. The molecular formula is C26H38O4. The van der Waals surface area contributed by atoms with Crippen LogP contribution in [0.25, 0.3) is 0 Å². The largest absolute Gasteiger partial charge is 0.459 e. The minimum absolute atomic E-state index is 0.0280. The molecule has 0 radical (unpaired) electrons. The number of Topliss-reactive ketones (excluding diaryl/α,β-unsaturated/α-hetero) is 1. The lowest BCUT2D eigenvalue weighted by molar-refractivity contribution is -0.163. The second-order valence-electron chi connectivity index (χ2n) is 11.1. The number of carbonyl (C=O) groups is 2. The minimum atomic E-state index is -0.722. The fraction of sp³-hybridized carbons (Fsp3) is 0.769. The first-order chi connectivity index (χ1) is 14.1. The van der Waals surface area contributed by atoms with Crippen LogP contribution in [0.4, 0.5) is 0 Å². The van der Waals surface area contributed by atoms with Gasteiger partial charge in [-0.05, 0) is 96.3 Å². The average molecular weight is 415 g/mol. The van der Waals surface area contributed by atoms with E-state index in [9.17, 15) is 9.59 Å². The van der Waals surface area contributed by atoms with Crippen LogP contribution < -0.4 is 0 Å². The Morgan fingerprint density at radius 3 is 1.97 bits per heavy atom. The highest BCUT2D eigenvalue weighted by atomic mass is 16.6. The van der Waals surface area contributed by atoms with Gasteiger partial charge < -0.3 is 9.47 Å². The highest BCUT2D eigenvalue weighted by Crippen LogP contribution is 2.46. The van der Waals surface area contributed by atoms with Crippen LogP contribution in [0.3, 0.4) is 0 Å². The quantitative estimate of drug-likeness (QED) is 0.278. The van der Waals surface area contributed by atoms with E-state index in [1.807, 2.05) is 27.7 Å². The summed E-state index contributed by atoms with van der Waals surface area (Å²) in [6.07, 6.45) is 15.7. The summed E-state index contributed by atoms with van der Waals surface area (Å²) in [4.78, 5) is 25.6. The Morgan fingerprint density at radius 2 is 1.43 bits per heavy atom. The van der Waals surface area contributed by atoms with Crippen molar-refractivity contribution in [1.29, 1.82) is 0 Å². The molecule has 4 rings (SSSR count). The van der Waals surface area contributed by atoms with Gasteiger partial charge in [-0.1, -0.05) is 24.3 Å². The number of unbranched alkanes of at least 4 members (excludes halogenated alkanes) is 1. The zero-order valence-corrected chi connectivity index (χ0v) is 19.1. The Morgan fingerprint density at radius 1 is 0.833 bits per heavy atom. The summed E-state index contributed by atoms with van der Waals surface area (Å²) in [5, 5.41) is 0. The topological polar surface area (TPSA) is 52.6 Å². The molecule has 2 saturated carbocycles. The molecule has 4 aliphatic rings. The van der Waals surface area contributed by atoms with E-state index in [-0.39, 0.29) is 23.6 Å². The summed E-state index contributed by atoms with van der Waals surface area (Å²) in [7, 11) is 0. The number of allylic oxidation sites excluding steroid dienone is 4. The van der Waals surface area contributed by atoms with Crippen molar-refractivity contribution < 1.29 is 19.1 Å². The van der Waals surface area contributed by atoms with E-state index in [0.717, 1.165) is 44.9 Å². The van der Waals surface area contributed by atoms with Gasteiger partial charge in [0.15, 0.2) is 5.78 Å². The number of esters is 1. The van der Waals surface area contributed by atoms with E-state index in [1.54, 1.807) is 0 Å². The number of rotatable bonds is 10. The van der Waals surface area contributed by atoms with Crippen LogP contribution in [-0.4, -0.2) is 29.6 Å². The highest BCUT2D eigenvalue weighted by Gasteiger charge is 2.45. The van der Waals surface area contributed by atoms with Gasteiger partial charge in [0, 0.05) is 12.5 Å². The summed E-state index contributed by atoms with van der Waals surface area (Å²) in [5.74, 6) is 2.40. The van der Waals surface area contributed by atoms with Crippen LogP contribution in [0.15, 0.2) is 24.3 Å². The van der Waals surface area contributed by atoms with Crippen LogP contribution in [0.1, 0.15) is 72.6 Å². The summed E-state index contributed by atoms with van der Waals surface area (Å²) in [6, 6.07) is 0. The Bertz CT molecular complexity index is 731. The van der Waals surface area contributed by atoms with Gasteiger partial charge in [-0.15, -0.1) is 0 Å². The van der Waals surface area contributed by atoms with E-state index in [4.69, 9.17) is 9.47 Å². The fourth-order valence-electron chi connectivity index (χ4n) is 6.03. The van der Waals surface area contributed by atoms with Crippen LogP contribution in [0, 0.1) is 35.5 Å². The third-order valence-electron chi connectivity index (χ3n) is 7.80. The second-order valence-corrected chi connectivity index (χ2v) is 11.1. The van der Waals surface area contributed by atoms with Crippen molar-refractivity contribution >= 4 is 11.8 Å². The molecule has 0 aliphatic heterocycles. The molecule has 4 aliphatic carbocycles. The molecule has 30 heavy (non-hydrogen) atoms. The Hall–Kier alpha value is -1.42. The van der Waals surface area contributed by atoms with E-state index in [2.05, 4.69) is 24.3 Å². The smallest absolute Gasteiger partial charge is 0.310 e. The van der Waals surface area contributed by atoms with Gasteiger partial charge >= 0.3 is 5.97 Å². The van der Waals surface area contributed by atoms with Crippen LogP contribution >= 0.6 is 0 Å². The lowest BCUT2D eigenvalue weighted by Crippen LogP contribution is -2.41. The molecule has 4 heteroatoms. The fourth-order valence-corrected chi connectivity index (χ4v) is 6.03. The van der Waals surface area contributed by atoms with Crippen molar-refractivity contribution in [2.45, 2.75) is 83.8 Å². The van der Waals surface area contributed by atoms with Crippen molar-refractivity contribution in [1.82, 2.24) is 0 Å². The SMILES string of the molecule is CC(C)(CCCCOC(C)(C)C(=O)C1CC2C=CC1C2)OC(=O)C1CC2C=CC1C2. The molecular weight excluding hydrogens is 376 g/mol. The molecule has 166 valence electrons. The zero-order valence-electron chi connectivity index (χ0n) is 19.1. The van der Waals surface area contributed by atoms with Gasteiger partial charge in [0.05, 0.1) is 5.92 Å². The Kier molecular flexibility index (Phi) is 6.00. The van der Waals surface area contributed by atoms with E-state index in [0.29, 0.717) is 30.3 Å². The number of hydrogen-bond acceptors (Lipinski definition) is 4. The molecule has 0 aromatic carbocycles.